The van der Waals surface area contributed by atoms with Crippen LogP contribution in [-0.4, -0.2) is 34.4 Å². The largest absolute Gasteiger partial charge is 0.487 e. The van der Waals surface area contributed by atoms with Crippen molar-refractivity contribution in [2.24, 2.45) is 5.73 Å². The first-order valence-electron chi connectivity index (χ1n) is 10.9. The molecule has 1 aliphatic heterocycles. The summed E-state index contributed by atoms with van der Waals surface area (Å²) in [6.07, 6.45) is 6.11. The summed E-state index contributed by atoms with van der Waals surface area (Å²) in [4.78, 5) is 32.2. The van der Waals surface area contributed by atoms with Gasteiger partial charge < -0.3 is 21.1 Å². The van der Waals surface area contributed by atoms with Crippen molar-refractivity contribution in [3.05, 3.63) is 77.2 Å². The molecule has 0 bridgehead atoms. The summed E-state index contributed by atoms with van der Waals surface area (Å²) in [5.74, 6) is -0.219. The number of nitrogens with one attached hydrogen (secondary N) is 2. The molecule has 172 valence electrons. The molecule has 2 amide bonds. The van der Waals surface area contributed by atoms with Crippen LogP contribution in [0.15, 0.2) is 55.0 Å². The summed E-state index contributed by atoms with van der Waals surface area (Å²) in [6.45, 7) is 1.26. The van der Waals surface area contributed by atoms with Gasteiger partial charge in [-0.05, 0) is 36.2 Å². The second-order valence-electron chi connectivity index (χ2n) is 7.97. The number of benzene rings is 1. The molecule has 4 rings (SSSR count). The second kappa shape index (κ2) is 10.6. The Labute approximate surface area is 197 Å². The van der Waals surface area contributed by atoms with E-state index in [4.69, 9.17) is 15.7 Å². The summed E-state index contributed by atoms with van der Waals surface area (Å²) >= 11 is 0. The standard InChI is InChI=1S/C25H24N6O3/c26-10-16-9-17(12-28-11-16)15-34-24-20(4-1-5-21(24)25(27)33)23-18(3-2-8-30-23)13-29-14-19-6-7-22(32)31-19/h1-5,8-9,11-12,19,29H,6-7,13-15H2,(H2,27,33)(H,31,32)/t19-/m0/s1. The van der Waals surface area contributed by atoms with Crippen LogP contribution in [0.4, 0.5) is 0 Å². The molecular formula is C25H24N6O3. The van der Waals surface area contributed by atoms with Crippen molar-refractivity contribution in [2.45, 2.75) is 32.0 Å². The van der Waals surface area contributed by atoms with Crippen LogP contribution >= 0.6 is 0 Å². The van der Waals surface area contributed by atoms with Gasteiger partial charge in [-0.3, -0.25) is 19.6 Å². The molecule has 0 radical (unpaired) electrons. The van der Waals surface area contributed by atoms with E-state index in [1.54, 1.807) is 30.6 Å². The number of primary amides is 1. The molecule has 0 saturated carbocycles. The molecular weight excluding hydrogens is 432 g/mol. The third kappa shape index (κ3) is 5.36. The molecule has 1 atom stereocenters. The third-order valence-corrected chi connectivity index (χ3v) is 5.53. The van der Waals surface area contributed by atoms with Gasteiger partial charge in [0.25, 0.3) is 5.91 Å². The number of aromatic nitrogens is 2. The van der Waals surface area contributed by atoms with Crippen molar-refractivity contribution < 1.29 is 14.3 Å². The predicted molar refractivity (Wildman–Crippen MR) is 124 cm³/mol. The number of para-hydroxylation sites is 1. The van der Waals surface area contributed by atoms with Gasteiger partial charge in [0.2, 0.25) is 5.91 Å². The summed E-state index contributed by atoms with van der Waals surface area (Å²) in [5, 5.41) is 15.4. The summed E-state index contributed by atoms with van der Waals surface area (Å²) < 4.78 is 6.06. The van der Waals surface area contributed by atoms with E-state index in [2.05, 4.69) is 20.6 Å². The molecule has 3 aromatic rings. The number of hydrogen-bond donors (Lipinski definition) is 3. The highest BCUT2D eigenvalue weighted by Crippen LogP contribution is 2.34. The van der Waals surface area contributed by atoms with Crippen LogP contribution in [0, 0.1) is 11.3 Å². The van der Waals surface area contributed by atoms with Crippen molar-refractivity contribution in [3.8, 4) is 23.1 Å². The van der Waals surface area contributed by atoms with Crippen LogP contribution < -0.4 is 21.1 Å². The number of amides is 2. The number of rotatable bonds is 9. The molecule has 1 aromatic carbocycles. The van der Waals surface area contributed by atoms with Gasteiger partial charge in [-0.15, -0.1) is 0 Å². The Kier molecular flexibility index (Phi) is 7.10. The lowest BCUT2D eigenvalue weighted by molar-refractivity contribution is -0.119. The van der Waals surface area contributed by atoms with E-state index in [1.807, 2.05) is 24.3 Å². The van der Waals surface area contributed by atoms with Gasteiger partial charge >= 0.3 is 0 Å². The molecule has 4 N–H and O–H groups in total. The van der Waals surface area contributed by atoms with Gasteiger partial charge in [0.05, 0.1) is 16.8 Å². The van der Waals surface area contributed by atoms with Gasteiger partial charge in [0.1, 0.15) is 18.4 Å². The number of hydrogen-bond acceptors (Lipinski definition) is 7. The number of nitrogens with zero attached hydrogens (tertiary/aromatic N) is 3. The maximum Gasteiger partial charge on any atom is 0.252 e. The van der Waals surface area contributed by atoms with Crippen molar-refractivity contribution in [1.82, 2.24) is 20.6 Å². The quantitative estimate of drug-likeness (QED) is 0.447. The Balaban J connectivity index is 1.60. The number of ether oxygens (including phenoxy) is 1. The lowest BCUT2D eigenvalue weighted by atomic mass is 10.0. The highest BCUT2D eigenvalue weighted by atomic mass is 16.5. The Morgan fingerprint density at radius 1 is 1.29 bits per heavy atom. The minimum absolute atomic E-state index is 0.0782. The number of pyridine rings is 2. The van der Waals surface area contributed by atoms with Gasteiger partial charge in [-0.2, -0.15) is 5.26 Å². The summed E-state index contributed by atoms with van der Waals surface area (Å²) in [5.41, 5.74) is 9.17. The first-order valence-corrected chi connectivity index (χ1v) is 10.9. The predicted octanol–water partition coefficient (Wildman–Crippen LogP) is 2.06. The Morgan fingerprint density at radius 2 is 2.18 bits per heavy atom. The molecule has 2 aromatic heterocycles. The average Bonchev–Trinajstić information content (AvgIpc) is 3.27. The van der Waals surface area contributed by atoms with Crippen molar-refractivity contribution >= 4 is 11.8 Å². The van der Waals surface area contributed by atoms with Crippen LogP contribution in [0.2, 0.25) is 0 Å². The molecule has 34 heavy (non-hydrogen) atoms. The molecule has 1 aliphatic rings. The van der Waals surface area contributed by atoms with Crippen molar-refractivity contribution in [3.63, 3.8) is 0 Å². The lowest BCUT2D eigenvalue weighted by Crippen LogP contribution is -2.35. The van der Waals surface area contributed by atoms with Crippen molar-refractivity contribution in [2.75, 3.05) is 6.54 Å². The first-order chi connectivity index (χ1) is 16.5. The topological polar surface area (TPSA) is 143 Å². The minimum atomic E-state index is -0.617. The van der Waals surface area contributed by atoms with E-state index in [0.29, 0.717) is 47.6 Å². The van der Waals surface area contributed by atoms with Crippen LogP contribution in [0.25, 0.3) is 11.3 Å². The van der Waals surface area contributed by atoms with E-state index >= 15 is 0 Å². The molecule has 9 heteroatoms. The maximum absolute atomic E-state index is 12.2. The van der Waals surface area contributed by atoms with Gasteiger partial charge in [0.15, 0.2) is 0 Å². The zero-order valence-corrected chi connectivity index (χ0v) is 18.5. The number of nitriles is 1. The van der Waals surface area contributed by atoms with Crippen LogP contribution in [0.1, 0.15) is 39.9 Å². The molecule has 1 saturated heterocycles. The normalized spacial score (nSPS) is 14.9. The molecule has 1 fully saturated rings. The van der Waals surface area contributed by atoms with E-state index in [0.717, 1.165) is 12.0 Å². The highest BCUT2D eigenvalue weighted by Gasteiger charge is 2.21. The Morgan fingerprint density at radius 3 is 2.94 bits per heavy atom. The van der Waals surface area contributed by atoms with Crippen LogP contribution in [0.5, 0.6) is 5.75 Å². The van der Waals surface area contributed by atoms with E-state index < -0.39 is 5.91 Å². The van der Waals surface area contributed by atoms with E-state index in [-0.39, 0.29) is 24.1 Å². The smallest absolute Gasteiger partial charge is 0.252 e. The third-order valence-electron chi connectivity index (χ3n) is 5.53. The molecule has 9 nitrogen and oxygen atoms in total. The van der Waals surface area contributed by atoms with Gasteiger partial charge in [-0.1, -0.05) is 12.1 Å². The number of carbonyl (C=O) groups excluding carboxylic acids is 2. The maximum atomic E-state index is 12.2. The Bertz CT molecular complexity index is 1250. The number of carbonyl (C=O) groups is 2. The fraction of sp³-hybridized carbons (Fsp3) is 0.240. The monoisotopic (exact) mass is 456 g/mol. The summed E-state index contributed by atoms with van der Waals surface area (Å²) in [7, 11) is 0. The zero-order chi connectivity index (χ0) is 23.9. The van der Waals surface area contributed by atoms with E-state index in [1.165, 1.54) is 6.20 Å². The average molecular weight is 457 g/mol. The molecule has 0 unspecified atom stereocenters. The lowest BCUT2D eigenvalue weighted by Gasteiger charge is -2.17. The SMILES string of the molecule is N#Cc1cncc(COc2c(C(N)=O)cccc2-c2ncccc2CNC[C@@H]2CCC(=O)N2)c1. The Hall–Kier alpha value is -4.29. The molecule has 0 aliphatic carbocycles. The van der Waals surface area contributed by atoms with Gasteiger partial charge in [0, 0.05) is 55.3 Å². The van der Waals surface area contributed by atoms with Crippen molar-refractivity contribution in [1.29, 1.82) is 5.26 Å². The number of nitrogens with two attached hydrogens (primary N) is 1. The minimum Gasteiger partial charge on any atom is -0.487 e. The zero-order valence-electron chi connectivity index (χ0n) is 18.5. The van der Waals surface area contributed by atoms with E-state index in [9.17, 15) is 9.59 Å². The fourth-order valence-electron chi connectivity index (χ4n) is 3.89. The fourth-order valence-corrected chi connectivity index (χ4v) is 3.89. The second-order valence-corrected chi connectivity index (χ2v) is 7.97. The first kappa shape index (κ1) is 22.9. The summed E-state index contributed by atoms with van der Waals surface area (Å²) in [6, 6.07) is 12.8. The van der Waals surface area contributed by atoms with Crippen LogP contribution in [-0.2, 0) is 17.9 Å². The van der Waals surface area contributed by atoms with Gasteiger partial charge in [-0.25, -0.2) is 0 Å². The highest BCUT2D eigenvalue weighted by molar-refractivity contribution is 5.98. The molecule has 0 spiro atoms. The van der Waals surface area contributed by atoms with Crippen LogP contribution in [0.3, 0.4) is 0 Å². The molecule has 3 heterocycles.